The molecule has 3 heterocycles. The van der Waals surface area contributed by atoms with Crippen LogP contribution in [0.1, 0.15) is 37.3 Å². The first-order valence-corrected chi connectivity index (χ1v) is 9.52. The number of rotatable bonds is 3. The maximum atomic E-state index is 13.1. The summed E-state index contributed by atoms with van der Waals surface area (Å²) in [5.74, 6) is -0.530. The highest BCUT2D eigenvalue weighted by atomic mass is 16.5. The summed E-state index contributed by atoms with van der Waals surface area (Å²) in [5, 5.41) is 2.82. The molecule has 1 saturated carbocycles. The number of hydrogen-bond donors (Lipinski definition) is 1. The topological polar surface area (TPSA) is 91.8 Å². The zero-order chi connectivity index (χ0) is 18.8. The predicted molar refractivity (Wildman–Crippen MR) is 95.4 cm³/mol. The highest BCUT2D eigenvalue weighted by Gasteiger charge is 2.41. The van der Waals surface area contributed by atoms with E-state index >= 15 is 0 Å². The fraction of sp³-hybridized carbons (Fsp3) is 0.579. The molecule has 4 rings (SSSR count). The maximum Gasteiger partial charge on any atom is 0.254 e. The third-order valence-corrected chi connectivity index (χ3v) is 5.63. The lowest BCUT2D eigenvalue weighted by atomic mass is 10.00. The third-order valence-electron chi connectivity index (χ3n) is 5.63. The number of morpholine rings is 1. The molecule has 1 aromatic heterocycles. The Balaban J connectivity index is 1.46. The zero-order valence-electron chi connectivity index (χ0n) is 15.2. The van der Waals surface area contributed by atoms with Gasteiger partial charge in [-0.2, -0.15) is 0 Å². The summed E-state index contributed by atoms with van der Waals surface area (Å²) in [6.45, 7) is 0.965. The minimum Gasteiger partial charge on any atom is -0.356 e. The van der Waals surface area contributed by atoms with Crippen LogP contribution in [-0.2, 0) is 19.1 Å². The van der Waals surface area contributed by atoms with Crippen LogP contribution in [0, 0.1) is 0 Å². The molecule has 3 fully saturated rings. The lowest BCUT2D eigenvalue weighted by molar-refractivity contribution is -0.161. The molecule has 8 heteroatoms. The van der Waals surface area contributed by atoms with E-state index in [-0.39, 0.29) is 30.9 Å². The number of nitrogens with zero attached hydrogens (tertiary/aromatic N) is 3. The Labute approximate surface area is 157 Å². The van der Waals surface area contributed by atoms with Crippen LogP contribution in [0.4, 0.5) is 0 Å². The molecule has 27 heavy (non-hydrogen) atoms. The maximum absolute atomic E-state index is 13.1. The molecule has 0 bridgehead atoms. The van der Waals surface area contributed by atoms with Gasteiger partial charge in [0.05, 0.1) is 12.6 Å². The highest BCUT2D eigenvalue weighted by Crippen LogP contribution is 2.27. The van der Waals surface area contributed by atoms with Gasteiger partial charge in [-0.05, 0) is 24.5 Å². The molecule has 144 valence electrons. The smallest absolute Gasteiger partial charge is 0.254 e. The van der Waals surface area contributed by atoms with E-state index in [2.05, 4.69) is 10.3 Å². The van der Waals surface area contributed by atoms with Gasteiger partial charge in [0, 0.05) is 31.5 Å². The summed E-state index contributed by atoms with van der Waals surface area (Å²) in [5.41, 5.74) is 0.708. The Bertz CT molecular complexity index is 720. The van der Waals surface area contributed by atoms with Crippen molar-refractivity contribution < 1.29 is 19.1 Å². The molecule has 1 N–H and O–H groups in total. The number of pyridine rings is 1. The van der Waals surface area contributed by atoms with Gasteiger partial charge in [0.15, 0.2) is 6.10 Å². The summed E-state index contributed by atoms with van der Waals surface area (Å²) in [6, 6.07) is 3.27. The van der Waals surface area contributed by atoms with E-state index < -0.39 is 12.1 Å². The molecule has 0 spiro atoms. The van der Waals surface area contributed by atoms with Crippen LogP contribution in [0.5, 0.6) is 0 Å². The Hall–Kier alpha value is -2.48. The molecule has 3 aliphatic rings. The lowest BCUT2D eigenvalue weighted by Gasteiger charge is -2.40. The van der Waals surface area contributed by atoms with Crippen LogP contribution in [0.3, 0.4) is 0 Å². The molecule has 0 unspecified atom stereocenters. The molecule has 1 aromatic rings. The van der Waals surface area contributed by atoms with Crippen LogP contribution in [0.2, 0.25) is 0 Å². The molecule has 8 nitrogen and oxygen atoms in total. The largest absolute Gasteiger partial charge is 0.356 e. The summed E-state index contributed by atoms with van der Waals surface area (Å²) in [4.78, 5) is 45.0. The second kappa shape index (κ2) is 7.64. The Morgan fingerprint density at radius 2 is 2.04 bits per heavy atom. The fourth-order valence-corrected chi connectivity index (χ4v) is 4.24. The summed E-state index contributed by atoms with van der Waals surface area (Å²) < 4.78 is 5.58. The Morgan fingerprint density at radius 1 is 1.22 bits per heavy atom. The number of piperazine rings is 1. The van der Waals surface area contributed by atoms with Gasteiger partial charge in [0.1, 0.15) is 6.61 Å². The van der Waals surface area contributed by atoms with E-state index in [9.17, 15) is 14.4 Å². The van der Waals surface area contributed by atoms with Gasteiger partial charge in [0.2, 0.25) is 11.8 Å². The van der Waals surface area contributed by atoms with E-state index in [1.165, 1.54) is 12.8 Å². The van der Waals surface area contributed by atoms with Gasteiger partial charge in [-0.15, -0.1) is 0 Å². The third kappa shape index (κ3) is 3.66. The minimum absolute atomic E-state index is 0.000673. The quantitative estimate of drug-likeness (QED) is 0.821. The molecular weight excluding hydrogens is 348 g/mol. The summed E-state index contributed by atoms with van der Waals surface area (Å²) in [6.07, 6.45) is 6.84. The molecule has 2 aliphatic heterocycles. The molecule has 0 radical (unpaired) electrons. The second-order valence-electron chi connectivity index (χ2n) is 7.35. The Morgan fingerprint density at radius 3 is 2.74 bits per heavy atom. The average molecular weight is 372 g/mol. The van der Waals surface area contributed by atoms with Crippen molar-refractivity contribution >= 4 is 17.7 Å². The molecule has 3 amide bonds. The number of aromatic nitrogens is 1. The molecular formula is C19H24N4O4. The van der Waals surface area contributed by atoms with Crippen molar-refractivity contribution in [2.45, 2.75) is 43.9 Å². The first kappa shape index (κ1) is 17.9. The number of nitrogens with one attached hydrogen (secondary N) is 1. The van der Waals surface area contributed by atoms with Gasteiger partial charge in [-0.25, -0.2) is 0 Å². The van der Waals surface area contributed by atoms with E-state index in [1.807, 2.05) is 4.90 Å². The predicted octanol–water partition coefficient (Wildman–Crippen LogP) is 0.251. The number of amides is 3. The Kier molecular flexibility index (Phi) is 5.07. The summed E-state index contributed by atoms with van der Waals surface area (Å²) >= 11 is 0. The SMILES string of the molecule is O=C1CO[C@H](C(=O)N2CCN(C3CCCC3)C(=O)C2)[C@@H](c2cccnc2)N1. The normalized spacial score (nSPS) is 27.0. The highest BCUT2D eigenvalue weighted by molar-refractivity contribution is 5.90. The fourth-order valence-electron chi connectivity index (χ4n) is 4.24. The van der Waals surface area contributed by atoms with Crippen molar-refractivity contribution in [1.82, 2.24) is 20.1 Å². The van der Waals surface area contributed by atoms with Gasteiger partial charge >= 0.3 is 0 Å². The van der Waals surface area contributed by atoms with Crippen molar-refractivity contribution in [2.75, 3.05) is 26.2 Å². The standard InChI is InChI=1S/C19H24N4O4/c24-15-12-27-18(17(21-15)13-4-3-7-20-10-13)19(26)22-8-9-23(16(25)11-22)14-5-1-2-6-14/h3-4,7,10,14,17-18H,1-2,5-6,8-9,11-12H2,(H,21,24)/t17-,18+/m1/s1. The van der Waals surface area contributed by atoms with Crippen LogP contribution >= 0.6 is 0 Å². The van der Waals surface area contributed by atoms with E-state index in [4.69, 9.17) is 4.74 Å². The number of carbonyl (C=O) groups is 3. The van der Waals surface area contributed by atoms with Gasteiger partial charge in [-0.3, -0.25) is 19.4 Å². The van der Waals surface area contributed by atoms with Crippen LogP contribution < -0.4 is 5.32 Å². The zero-order valence-corrected chi connectivity index (χ0v) is 15.2. The first-order chi connectivity index (χ1) is 13.1. The number of ether oxygens (including phenoxy) is 1. The van der Waals surface area contributed by atoms with Crippen molar-refractivity contribution in [2.24, 2.45) is 0 Å². The van der Waals surface area contributed by atoms with E-state index in [0.717, 1.165) is 12.8 Å². The average Bonchev–Trinajstić information content (AvgIpc) is 3.22. The number of carbonyl (C=O) groups excluding carboxylic acids is 3. The molecule has 2 saturated heterocycles. The van der Waals surface area contributed by atoms with Crippen molar-refractivity contribution in [3.63, 3.8) is 0 Å². The second-order valence-corrected chi connectivity index (χ2v) is 7.35. The van der Waals surface area contributed by atoms with Crippen LogP contribution in [0.15, 0.2) is 24.5 Å². The van der Waals surface area contributed by atoms with Crippen LogP contribution in [0.25, 0.3) is 0 Å². The van der Waals surface area contributed by atoms with Gasteiger partial charge in [-0.1, -0.05) is 18.9 Å². The lowest BCUT2D eigenvalue weighted by Crippen LogP contribution is -2.59. The number of hydrogen-bond acceptors (Lipinski definition) is 5. The monoisotopic (exact) mass is 372 g/mol. The van der Waals surface area contributed by atoms with Crippen molar-refractivity contribution in [3.8, 4) is 0 Å². The minimum atomic E-state index is -0.849. The van der Waals surface area contributed by atoms with Gasteiger partial charge < -0.3 is 19.9 Å². The van der Waals surface area contributed by atoms with E-state index in [0.29, 0.717) is 24.7 Å². The van der Waals surface area contributed by atoms with Crippen molar-refractivity contribution in [3.05, 3.63) is 30.1 Å². The van der Waals surface area contributed by atoms with Crippen molar-refractivity contribution in [1.29, 1.82) is 0 Å². The molecule has 1 aliphatic carbocycles. The molecule has 0 aromatic carbocycles. The first-order valence-electron chi connectivity index (χ1n) is 9.52. The van der Waals surface area contributed by atoms with Crippen LogP contribution in [-0.4, -0.2) is 70.9 Å². The summed E-state index contributed by atoms with van der Waals surface area (Å²) in [7, 11) is 0. The van der Waals surface area contributed by atoms with Gasteiger partial charge in [0.25, 0.3) is 5.91 Å². The van der Waals surface area contributed by atoms with E-state index in [1.54, 1.807) is 29.4 Å². The molecule has 2 atom stereocenters.